The van der Waals surface area contributed by atoms with Crippen molar-refractivity contribution in [1.29, 1.82) is 0 Å². The van der Waals surface area contributed by atoms with E-state index in [-0.39, 0.29) is 6.71 Å². The third-order valence-electron chi connectivity index (χ3n) is 16.6. The Kier molecular flexibility index (Phi) is 6.86. The minimum atomic E-state index is -0.102. The first-order valence-corrected chi connectivity index (χ1v) is 25.1. The lowest BCUT2D eigenvalue weighted by atomic mass is 9.33. The summed E-state index contributed by atoms with van der Waals surface area (Å²) in [6.07, 6.45) is 0. The monoisotopic (exact) mass is 911 g/mol. The molecule has 0 fully saturated rings. The van der Waals surface area contributed by atoms with E-state index in [1.165, 1.54) is 137 Å². The minimum Gasteiger partial charge on any atom is -0.311 e. The molecule has 5 aromatic heterocycles. The highest BCUT2D eigenvalue weighted by molar-refractivity contribution is 7.00. The van der Waals surface area contributed by atoms with Gasteiger partial charge in [-0.2, -0.15) is 0 Å². The molecular weight excluding hydrogens is 874 g/mol. The van der Waals surface area contributed by atoms with Crippen LogP contribution in [0.1, 0.15) is 0 Å². The summed E-state index contributed by atoms with van der Waals surface area (Å²) in [5, 5.41) is 12.8. The SMILES string of the molecule is c1ccc(N2c3cc4c(cc3B3c5cc6c7cccc8c9ccccc9n(c6cc5N(c5ccccc5)c5cc(-n6c9ccccc9c9ccccc96)cc2c53)c87)c2cccc3c5ccccc5n4c32)cc1. The van der Waals surface area contributed by atoms with Crippen molar-refractivity contribution in [2.75, 3.05) is 9.80 Å². The number of anilines is 6. The summed E-state index contributed by atoms with van der Waals surface area (Å²) >= 11 is 0. The second kappa shape index (κ2) is 13.2. The van der Waals surface area contributed by atoms with Crippen LogP contribution in [0.25, 0.3) is 104 Å². The van der Waals surface area contributed by atoms with Crippen molar-refractivity contribution < 1.29 is 0 Å². The molecule has 18 rings (SSSR count). The van der Waals surface area contributed by atoms with Crippen molar-refractivity contribution >= 4 is 155 Å². The zero-order valence-electron chi connectivity index (χ0n) is 38.8. The fourth-order valence-electron chi connectivity index (χ4n) is 13.9. The van der Waals surface area contributed by atoms with Crippen LogP contribution in [-0.4, -0.2) is 20.1 Å². The topological polar surface area (TPSA) is 20.2 Å². The van der Waals surface area contributed by atoms with Crippen LogP contribution < -0.4 is 26.2 Å². The number of nitrogens with zero attached hydrogens (tertiary/aromatic N) is 5. The van der Waals surface area contributed by atoms with Gasteiger partial charge in [-0.25, -0.2) is 0 Å². The molecule has 2 aliphatic heterocycles. The van der Waals surface area contributed by atoms with Gasteiger partial charge in [0.05, 0.1) is 49.8 Å². The van der Waals surface area contributed by atoms with Crippen LogP contribution in [0.5, 0.6) is 0 Å². The van der Waals surface area contributed by atoms with Gasteiger partial charge in [-0.1, -0.05) is 158 Å². The van der Waals surface area contributed by atoms with E-state index < -0.39 is 0 Å². The van der Waals surface area contributed by atoms with Crippen LogP contribution in [0, 0.1) is 0 Å². The van der Waals surface area contributed by atoms with Crippen LogP contribution in [0.2, 0.25) is 0 Å². The maximum Gasteiger partial charge on any atom is 0.252 e. The van der Waals surface area contributed by atoms with Gasteiger partial charge in [-0.05, 0) is 89.2 Å². The molecule has 0 atom stereocenters. The van der Waals surface area contributed by atoms with E-state index >= 15 is 0 Å². The Balaban J connectivity index is 1.05. The highest BCUT2D eigenvalue weighted by Crippen LogP contribution is 2.50. The lowest BCUT2D eigenvalue weighted by Gasteiger charge is -2.44. The second-order valence-corrected chi connectivity index (χ2v) is 20.0. The predicted molar refractivity (Wildman–Crippen MR) is 304 cm³/mol. The molecule has 0 saturated carbocycles. The molecule has 7 heterocycles. The Morgan fingerprint density at radius 1 is 0.250 bits per heavy atom. The third kappa shape index (κ3) is 4.48. The lowest BCUT2D eigenvalue weighted by Crippen LogP contribution is -2.61. The zero-order valence-corrected chi connectivity index (χ0v) is 38.8. The van der Waals surface area contributed by atoms with Crippen LogP contribution in [0.3, 0.4) is 0 Å². The maximum absolute atomic E-state index is 2.58. The first kappa shape index (κ1) is 37.4. The summed E-state index contributed by atoms with van der Waals surface area (Å²) in [5.41, 5.74) is 21.9. The third-order valence-corrected chi connectivity index (χ3v) is 16.6. The first-order valence-electron chi connectivity index (χ1n) is 25.1. The van der Waals surface area contributed by atoms with E-state index in [0.717, 1.165) is 17.1 Å². The van der Waals surface area contributed by atoms with Crippen LogP contribution >= 0.6 is 0 Å². The number of benzene rings is 11. The number of hydrogen-bond donors (Lipinski definition) is 0. The maximum atomic E-state index is 2.58. The molecule has 330 valence electrons. The molecule has 0 unspecified atom stereocenters. The summed E-state index contributed by atoms with van der Waals surface area (Å²) in [6, 6.07) is 86.7. The van der Waals surface area contributed by atoms with Gasteiger partial charge < -0.3 is 23.2 Å². The highest BCUT2D eigenvalue weighted by atomic mass is 15.2. The molecular formula is C66H38BN5. The first-order chi connectivity index (χ1) is 35.8. The number of para-hydroxylation sites is 8. The highest BCUT2D eigenvalue weighted by Gasteiger charge is 2.45. The summed E-state index contributed by atoms with van der Waals surface area (Å²) in [7, 11) is 0. The van der Waals surface area contributed by atoms with Gasteiger partial charge in [-0.3, -0.25) is 0 Å². The Bertz CT molecular complexity index is 4700. The van der Waals surface area contributed by atoms with Crippen molar-refractivity contribution in [2.24, 2.45) is 0 Å². The van der Waals surface area contributed by atoms with Gasteiger partial charge in [-0.15, -0.1) is 0 Å². The molecule has 5 nitrogen and oxygen atoms in total. The average Bonchev–Trinajstić information content (AvgIpc) is 4.24. The molecule has 6 heteroatoms. The van der Waals surface area contributed by atoms with Gasteiger partial charge in [0.15, 0.2) is 0 Å². The van der Waals surface area contributed by atoms with E-state index in [1.807, 2.05) is 0 Å². The largest absolute Gasteiger partial charge is 0.311 e. The second-order valence-electron chi connectivity index (χ2n) is 20.0. The number of aromatic nitrogens is 3. The summed E-state index contributed by atoms with van der Waals surface area (Å²) in [4.78, 5) is 5.16. The predicted octanol–water partition coefficient (Wildman–Crippen LogP) is 15.2. The van der Waals surface area contributed by atoms with E-state index in [1.54, 1.807) is 0 Å². The molecule has 0 saturated heterocycles. The summed E-state index contributed by atoms with van der Waals surface area (Å²) in [5.74, 6) is 0. The van der Waals surface area contributed by atoms with Gasteiger partial charge >= 0.3 is 0 Å². The van der Waals surface area contributed by atoms with Crippen LogP contribution in [0.4, 0.5) is 34.1 Å². The average molecular weight is 912 g/mol. The molecule has 0 N–H and O–H groups in total. The Morgan fingerprint density at radius 3 is 1.06 bits per heavy atom. The van der Waals surface area contributed by atoms with Gasteiger partial charge in [0.25, 0.3) is 6.71 Å². The van der Waals surface area contributed by atoms with Crippen molar-refractivity contribution in [1.82, 2.24) is 13.4 Å². The molecule has 16 aromatic rings. The number of fused-ring (bicyclic) bond motifs is 19. The Hall–Kier alpha value is -9.52. The zero-order chi connectivity index (χ0) is 46.5. The molecule has 2 aliphatic rings. The smallest absolute Gasteiger partial charge is 0.252 e. The van der Waals surface area contributed by atoms with Gasteiger partial charge in [0.2, 0.25) is 0 Å². The molecule has 0 bridgehead atoms. The van der Waals surface area contributed by atoms with E-state index in [9.17, 15) is 0 Å². The molecule has 0 spiro atoms. The Morgan fingerprint density at radius 2 is 0.611 bits per heavy atom. The fourth-order valence-corrected chi connectivity index (χ4v) is 13.9. The Labute approximate surface area is 412 Å². The number of hydrogen-bond acceptors (Lipinski definition) is 2. The minimum absolute atomic E-state index is 0.102. The van der Waals surface area contributed by atoms with E-state index in [0.29, 0.717) is 0 Å². The standard InChI is InChI=1S/C66H38BN5/c1-3-17-39(18-4-1)68-60-37-58-50(48-27-15-25-46-44-23-9-13-31-56(44)71(58)65(46)48)35-52(60)67-53-36-51-49-28-16-26-47-45-24-10-14-32-57(45)72(66(47)49)59(51)38-61(53)69(40-19-5-2-6-20-40)63-34-41(33-62(68)64(63)67)70-54-29-11-7-21-42(54)43-22-8-12-30-55(43)70/h1-38H. The van der Waals surface area contributed by atoms with E-state index in [2.05, 4.69) is 254 Å². The molecule has 0 aliphatic carbocycles. The molecule has 11 aromatic carbocycles. The molecule has 72 heavy (non-hydrogen) atoms. The van der Waals surface area contributed by atoms with Crippen molar-refractivity contribution in [3.63, 3.8) is 0 Å². The van der Waals surface area contributed by atoms with Crippen molar-refractivity contribution in [3.05, 3.63) is 231 Å². The van der Waals surface area contributed by atoms with Gasteiger partial charge in [0, 0.05) is 88.0 Å². The fraction of sp³-hybridized carbons (Fsp3) is 0. The molecule has 0 radical (unpaired) electrons. The van der Waals surface area contributed by atoms with E-state index in [4.69, 9.17) is 0 Å². The normalized spacial score (nSPS) is 13.5. The van der Waals surface area contributed by atoms with Crippen LogP contribution in [0.15, 0.2) is 231 Å². The summed E-state index contributed by atoms with van der Waals surface area (Å²) < 4.78 is 7.57. The lowest BCUT2D eigenvalue weighted by molar-refractivity contribution is 1.16. The van der Waals surface area contributed by atoms with Crippen molar-refractivity contribution in [3.8, 4) is 5.69 Å². The van der Waals surface area contributed by atoms with Crippen molar-refractivity contribution in [2.45, 2.75) is 0 Å². The van der Waals surface area contributed by atoms with Crippen LogP contribution in [-0.2, 0) is 0 Å². The molecule has 0 amide bonds. The van der Waals surface area contributed by atoms with Gasteiger partial charge in [0.1, 0.15) is 0 Å². The quantitative estimate of drug-likeness (QED) is 0.165. The summed E-state index contributed by atoms with van der Waals surface area (Å²) in [6.45, 7) is -0.102. The number of rotatable bonds is 3.